The zero-order valence-electron chi connectivity index (χ0n) is 83.3. The summed E-state index contributed by atoms with van der Waals surface area (Å²) in [4.78, 5) is 79.8. The van der Waals surface area contributed by atoms with Gasteiger partial charge in [-0.15, -0.1) is 5.60 Å². The number of ketones is 1. The minimum absolute atomic E-state index is 0. The Balaban J connectivity index is -0.000000520. The summed E-state index contributed by atoms with van der Waals surface area (Å²) in [5, 5.41) is 34.5. The topological polar surface area (TPSA) is 339 Å². The molecule has 16 atom stereocenters. The number of amides is 2. The van der Waals surface area contributed by atoms with Crippen LogP contribution < -0.4 is 67.7 Å². The first-order valence-electron chi connectivity index (χ1n) is 43.8. The van der Waals surface area contributed by atoms with Crippen LogP contribution in [-0.2, 0) is 92.3 Å². The fraction of sp³-hybridized carbons (Fsp3) is 0.457. The number of nitrogen functional groups attached to an aromatic ring is 1. The Morgan fingerprint density at radius 1 is 0.413 bits per heavy atom. The van der Waals surface area contributed by atoms with Gasteiger partial charge in [-0.1, -0.05) is 189 Å². The second kappa shape index (κ2) is 70.7. The summed E-state index contributed by atoms with van der Waals surface area (Å²) in [6.45, 7) is 25.0. The molecule has 7 heterocycles. The molecule has 8 fully saturated rings. The van der Waals surface area contributed by atoms with Crippen molar-refractivity contribution in [3.05, 3.63) is 268 Å². The molecule has 0 radical (unpaired) electrons. The monoisotopic (exact) mass is 2200 g/mol. The molecule has 5 N–H and O–H groups in total. The van der Waals surface area contributed by atoms with Crippen LogP contribution in [0.2, 0.25) is 0 Å². The van der Waals surface area contributed by atoms with Gasteiger partial charge in [-0.2, -0.15) is 135 Å². The summed E-state index contributed by atoms with van der Waals surface area (Å²) in [6.07, 6.45) is 15.7. The summed E-state index contributed by atoms with van der Waals surface area (Å²) in [6, 6.07) is 55.6. The summed E-state index contributed by atoms with van der Waals surface area (Å²) >= 11 is 0. The Kier molecular flexibility index (Phi) is 72.3. The van der Waals surface area contributed by atoms with E-state index in [0.717, 1.165) is 108 Å². The number of hydrogen-bond acceptors (Lipinski definition) is 23. The van der Waals surface area contributed by atoms with Gasteiger partial charge < -0.3 is 73.3 Å². The number of carbonyl (C=O) groups is 5. The van der Waals surface area contributed by atoms with Crippen LogP contribution in [0.1, 0.15) is 242 Å². The van der Waals surface area contributed by atoms with Gasteiger partial charge in [-0.05, 0) is 187 Å². The van der Waals surface area contributed by atoms with Crippen molar-refractivity contribution in [3.8, 4) is 0 Å². The van der Waals surface area contributed by atoms with Gasteiger partial charge in [-0.25, -0.2) is 20.4 Å². The van der Waals surface area contributed by atoms with Crippen LogP contribution in [0.5, 0.6) is 0 Å². The molecule has 8 aliphatic rings. The molecule has 0 unspecified atom stereocenters. The summed E-state index contributed by atoms with van der Waals surface area (Å²) in [7, 11) is 9.45. The van der Waals surface area contributed by atoms with Gasteiger partial charge in [0.25, 0.3) is 5.91 Å². The maximum absolute atomic E-state index is 12.8. The minimum atomic E-state index is -0.954. The molecule has 2 amide bonds. The van der Waals surface area contributed by atoms with Crippen LogP contribution in [0.4, 0.5) is 5.69 Å². The number of hydroxylamine groups is 5. The average Bonchev–Trinajstić information content (AvgIpc) is 1.63. The summed E-state index contributed by atoms with van der Waals surface area (Å²) in [5.41, 5.74) is 19.4. The predicted octanol–water partition coefficient (Wildman–Crippen LogP) is 17.2. The largest absolute Gasteiger partial charge is 1.00 e. The number of aliphatic carboxylic acids is 2. The van der Waals surface area contributed by atoms with E-state index in [1.165, 1.54) is 36.5 Å². The average molecular weight is 2200 g/mol. The van der Waals surface area contributed by atoms with E-state index in [1.807, 2.05) is 209 Å². The van der Waals surface area contributed by atoms with Gasteiger partial charge in [0.2, 0.25) is 5.91 Å². The number of ether oxygens (including phenoxy) is 10. The molecule has 7 aromatic carbocycles. The number of carboxylic acids is 2. The van der Waals surface area contributed by atoms with Crippen molar-refractivity contribution in [3.63, 3.8) is 0 Å². The number of rotatable bonds is 20. The Bertz CT molecular complexity index is 5160. The molecule has 9 aromatic rings. The molecule has 5 aliphatic heterocycles. The van der Waals surface area contributed by atoms with E-state index in [9.17, 15) is 29.1 Å². The Morgan fingerprint density at radius 2 is 0.685 bits per heavy atom. The molecule has 3 aliphatic carbocycles. The molecule has 0 spiro atoms. The number of pyridine rings is 2. The number of nitrogens with one attached hydrogen (secondary N) is 1. The zero-order chi connectivity index (χ0) is 93.5. The number of anilines is 1. The molecule has 27 nitrogen and oxygen atoms in total. The normalized spacial score (nSPS) is 22.7. The van der Waals surface area contributed by atoms with Crippen LogP contribution in [0, 0.1) is 17.8 Å². The Morgan fingerprint density at radius 3 is 0.986 bits per heavy atom. The number of Topliss-reactive ketones (excluding diaryl/α,β-unsaturated/α-hetero) is 1. The van der Waals surface area contributed by atoms with Crippen LogP contribution >= 0.6 is 135 Å². The van der Waals surface area contributed by atoms with Gasteiger partial charge in [0.1, 0.15) is 5.78 Å². The summed E-state index contributed by atoms with van der Waals surface area (Å²) in [5.74, 6) is -0.719. The summed E-state index contributed by atoms with van der Waals surface area (Å²) < 4.78 is 57.5. The Labute approximate surface area is 960 Å². The number of aromatic nitrogens is 2. The second-order valence-electron chi connectivity index (χ2n) is 34.3. The fourth-order valence-corrected chi connectivity index (χ4v) is 14.4. The van der Waals surface area contributed by atoms with Crippen LogP contribution in [0.3, 0.4) is 0 Å². The maximum Gasteiger partial charge on any atom is 1.00 e. The number of carbonyl (C=O) groups excluding carboxylic acids is 3. The third-order valence-corrected chi connectivity index (χ3v) is 23.4. The molecule has 5 saturated heterocycles. The minimum Gasteiger partial charge on any atom is -0.850 e. The van der Waals surface area contributed by atoms with Gasteiger partial charge in [-0.3, -0.25) is 38.8 Å². The third-order valence-electron chi connectivity index (χ3n) is 23.4. The number of likely N-dealkylation sites (N-methyl/N-ethyl adjacent to an activating group) is 1. The molecule has 3 saturated carbocycles. The van der Waals surface area contributed by atoms with E-state index in [2.05, 4.69) is 62.8 Å². The Hall–Kier alpha value is -5.27. The molecule has 143 heavy (non-hydrogen) atoms. The smallest absolute Gasteiger partial charge is 0.850 e. The van der Waals surface area contributed by atoms with Gasteiger partial charge in [0.05, 0.1) is 88.3 Å². The number of benzene rings is 7. The van der Waals surface area contributed by atoms with E-state index < -0.39 is 17.5 Å². The number of nitrogens with two attached hydrogens (primary N) is 1. The molecule has 796 valence electrons. The molecular formula is C105H159KN6O21S10. The van der Waals surface area contributed by atoms with Gasteiger partial charge in [0, 0.05) is 121 Å². The molecule has 38 heteroatoms. The number of fused-ring (bicyclic) bond motifs is 2. The SMILES string of the molecule is C.C.C.CC(C)(C)[O-].CNOC.CON(C)C(=O)/C=C/c1ccc(C2O[C@@H](C)[C@H](C)O2)cc1.CON(C)C(=O)[C@@H]1C[C@H]1c1ccc(C2O[C@@H](C)[C@H](C)O2)cc1.C[C@@H]1OC(c2ccc(/C=C/C(=O)O)cc2)O[C@H]1C.C[C@@H]1OC(c2ccc([C@@H]3C[C@H]3C(=O)Cc3ccc4cnccc4c3)cc2)O[C@H]1C.C[C@@H]1OC(c2ccc([C@@H]3C[C@H]3C(=O)O)cc2)O[C@H]1C.Nc1ccc2cnccc2c1.S.S.S.S.S.S.S.S.S.S.[K+]. The van der Waals surface area contributed by atoms with E-state index in [4.69, 9.17) is 73.0 Å². The first kappa shape index (κ1) is 146. The van der Waals surface area contributed by atoms with Crippen molar-refractivity contribution < 1.29 is 153 Å². The number of nitrogens with zero attached hydrogens (tertiary/aromatic N) is 4. The van der Waals surface area contributed by atoms with E-state index in [1.54, 1.807) is 73.6 Å². The number of hydrogen-bond donors (Lipinski definition) is 4. The second-order valence-corrected chi connectivity index (χ2v) is 34.3. The van der Waals surface area contributed by atoms with Crippen molar-refractivity contribution in [1.29, 1.82) is 0 Å². The first-order valence-corrected chi connectivity index (χ1v) is 43.8. The molecule has 17 rings (SSSR count). The quantitative estimate of drug-likeness (QED) is 0.0238. The third kappa shape index (κ3) is 45.4. The fourth-order valence-electron chi connectivity index (χ4n) is 14.4. The van der Waals surface area contributed by atoms with Crippen LogP contribution in [0.25, 0.3) is 33.7 Å². The predicted molar refractivity (Wildman–Crippen MR) is 613 cm³/mol. The van der Waals surface area contributed by atoms with Crippen LogP contribution in [-0.4, -0.2) is 169 Å². The molecular weight excluding hydrogens is 2040 g/mol. The number of carboxylic acid groups (broad SMARTS) is 2. The van der Waals surface area contributed by atoms with Gasteiger partial charge in [0.15, 0.2) is 31.5 Å². The van der Waals surface area contributed by atoms with E-state index >= 15 is 0 Å². The maximum atomic E-state index is 12.8. The van der Waals surface area contributed by atoms with Crippen LogP contribution in [0.15, 0.2) is 207 Å². The van der Waals surface area contributed by atoms with Crippen molar-refractivity contribution in [1.82, 2.24) is 25.6 Å². The molecule has 0 bridgehead atoms. The van der Waals surface area contributed by atoms with Crippen molar-refractivity contribution in [2.24, 2.45) is 17.8 Å². The van der Waals surface area contributed by atoms with Crippen molar-refractivity contribution >= 4 is 204 Å². The standard InChI is InChI=1S/C25H25NO3.C17H23NO4.C16H21NO4.C15H18O4.C14H16O4.C9H8N2.C4H9O.C2H7NO.3CH4.K.10H2S/c1-15-16(2)29-25(28-15)19-7-5-18(6-8-19)22-13-23(22)24(27)12-17-3-4-21-14-26-10-9-20(21)11-17;1-10-11(2)22-17(21-10)13-7-5-12(6-8-13)14-9-15(14)16(19)18(3)20-4;1-11-12(2)21-16(20-11)14-8-5-13(6-9-14)7-10-15(18)17(3)19-4;1-8-9(2)19-15(18-8)11-5-3-10(4-6-11)12-7-13(12)14(16)17;1-9-10(2)18-14(17-9)12-6-3-11(4-7-12)5-8-13(15)16;10-9-2-1-8-6-11-4-3-7(8)5-9;1-4(2,3)5;1-3-4-2;;;;;;;;;;;;;;/h3-11,14-16,22-23,25H,12-13H2,1-2H3;5-8,10-11,14-15,17H,9H2,1-4H3;5-12,16H,1-4H3;3-6,8-9,12-13,15H,7H2,1-2H3,(H,16,17);3-10,14H,1-2H3,(H,15,16);1-6H,10H2;1-3H3;3H,1-2H3;3*1H4;;10*1H2/q;;;;;;-1;;;;;+1;;;;;;;;;;/b;;10-7+;;8-5+;;;;;;;;;;;;;;;;;/t15-,16-,22-,23+;10-,11-,14-,15+;11-,12-;8-,9-,12-,13+;9-,10-;;;;;;;;;;;;;;;;;/m00000................./s1. The van der Waals surface area contributed by atoms with Crippen molar-refractivity contribution in [2.75, 3.05) is 48.2 Å². The van der Waals surface area contributed by atoms with Gasteiger partial charge >= 0.3 is 63.3 Å². The molecule has 2 aromatic heterocycles. The van der Waals surface area contributed by atoms with E-state index in [0.29, 0.717) is 24.0 Å². The van der Waals surface area contributed by atoms with Crippen molar-refractivity contribution in [2.45, 2.75) is 254 Å². The first-order chi connectivity index (χ1) is 61.5. The zero-order valence-corrected chi connectivity index (χ0v) is 96.4. The van der Waals surface area contributed by atoms with E-state index in [-0.39, 0.29) is 337 Å².